The van der Waals surface area contributed by atoms with Crippen LogP contribution in [0.15, 0.2) is 29.1 Å². The molecule has 5 heteroatoms. The maximum Gasteiger partial charge on any atom is 0.269 e. The Bertz CT molecular complexity index is 496. The predicted molar refractivity (Wildman–Crippen MR) is 67.1 cm³/mol. The molecule has 4 nitrogen and oxygen atoms in total. The van der Waals surface area contributed by atoms with Crippen LogP contribution in [0.25, 0.3) is 0 Å². The van der Waals surface area contributed by atoms with Gasteiger partial charge in [0.2, 0.25) is 0 Å². The second-order valence-corrected chi connectivity index (χ2v) is 4.37. The number of aryl methyl sites for hydroxylation is 1. The molecule has 0 saturated heterocycles. The van der Waals surface area contributed by atoms with E-state index in [2.05, 4.69) is 15.3 Å². The maximum atomic E-state index is 11.7. The van der Waals surface area contributed by atoms with Crippen molar-refractivity contribution in [2.75, 3.05) is 6.54 Å². The number of aromatic nitrogens is 2. The average Bonchev–Trinajstić information content (AvgIpc) is 2.82. The van der Waals surface area contributed by atoms with Gasteiger partial charge in [0.25, 0.3) is 5.91 Å². The molecule has 2 aromatic rings. The van der Waals surface area contributed by atoms with Gasteiger partial charge in [0, 0.05) is 24.0 Å². The summed E-state index contributed by atoms with van der Waals surface area (Å²) in [6.07, 6.45) is 0.751. The quantitative estimate of drug-likeness (QED) is 0.896. The van der Waals surface area contributed by atoms with Crippen LogP contribution in [-0.2, 0) is 6.42 Å². The topological polar surface area (TPSA) is 54.9 Å². The summed E-state index contributed by atoms with van der Waals surface area (Å²) >= 11 is 1.56. The standard InChI is InChI=1S/C12H13N3OS/c1-9-3-2-4-11(15-9)12(16)13-6-5-10-7-17-8-14-10/h2-4,7-8H,5-6H2,1H3,(H,13,16). The second-order valence-electron chi connectivity index (χ2n) is 3.65. The van der Waals surface area contributed by atoms with Gasteiger partial charge in [0.05, 0.1) is 11.2 Å². The Morgan fingerprint density at radius 1 is 1.47 bits per heavy atom. The van der Waals surface area contributed by atoms with Gasteiger partial charge in [-0.05, 0) is 19.1 Å². The Morgan fingerprint density at radius 2 is 2.35 bits per heavy atom. The molecule has 1 N–H and O–H groups in total. The molecule has 0 saturated carbocycles. The number of carbonyl (C=O) groups is 1. The van der Waals surface area contributed by atoms with Crippen molar-refractivity contribution in [3.05, 3.63) is 46.2 Å². The van der Waals surface area contributed by atoms with Gasteiger partial charge in [-0.2, -0.15) is 0 Å². The van der Waals surface area contributed by atoms with E-state index >= 15 is 0 Å². The molecule has 0 aliphatic heterocycles. The van der Waals surface area contributed by atoms with Gasteiger partial charge in [-0.15, -0.1) is 11.3 Å². The van der Waals surface area contributed by atoms with Crippen LogP contribution in [0.5, 0.6) is 0 Å². The third kappa shape index (κ3) is 3.35. The average molecular weight is 247 g/mol. The summed E-state index contributed by atoms with van der Waals surface area (Å²) in [6, 6.07) is 5.41. The van der Waals surface area contributed by atoms with Crippen molar-refractivity contribution >= 4 is 17.2 Å². The fourth-order valence-corrected chi connectivity index (χ4v) is 2.02. The first kappa shape index (κ1) is 11.7. The Kier molecular flexibility index (Phi) is 3.82. The predicted octanol–water partition coefficient (Wildman–Crippen LogP) is 1.82. The van der Waals surface area contributed by atoms with Crippen molar-refractivity contribution in [3.8, 4) is 0 Å². The molecule has 2 heterocycles. The summed E-state index contributed by atoms with van der Waals surface area (Å²) in [6.45, 7) is 2.45. The third-order valence-corrected chi connectivity index (χ3v) is 2.91. The minimum absolute atomic E-state index is 0.135. The van der Waals surface area contributed by atoms with Gasteiger partial charge in [0.1, 0.15) is 5.69 Å². The van der Waals surface area contributed by atoms with Crippen molar-refractivity contribution in [1.29, 1.82) is 0 Å². The van der Waals surface area contributed by atoms with E-state index in [0.29, 0.717) is 12.2 Å². The van der Waals surface area contributed by atoms with E-state index in [0.717, 1.165) is 17.8 Å². The van der Waals surface area contributed by atoms with Gasteiger partial charge in [0.15, 0.2) is 0 Å². The van der Waals surface area contributed by atoms with Crippen molar-refractivity contribution in [2.24, 2.45) is 0 Å². The van der Waals surface area contributed by atoms with E-state index in [4.69, 9.17) is 0 Å². The molecule has 0 radical (unpaired) electrons. The smallest absolute Gasteiger partial charge is 0.269 e. The van der Waals surface area contributed by atoms with Crippen LogP contribution in [0.2, 0.25) is 0 Å². The van der Waals surface area contributed by atoms with Crippen LogP contribution in [0.3, 0.4) is 0 Å². The number of nitrogens with one attached hydrogen (secondary N) is 1. The number of carbonyl (C=O) groups excluding carboxylic acids is 1. The number of pyridine rings is 1. The zero-order valence-electron chi connectivity index (χ0n) is 9.51. The molecule has 0 aliphatic carbocycles. The Balaban J connectivity index is 1.85. The van der Waals surface area contributed by atoms with Crippen molar-refractivity contribution < 1.29 is 4.79 Å². The number of thiazole rings is 1. The molecule has 17 heavy (non-hydrogen) atoms. The Hall–Kier alpha value is -1.75. The lowest BCUT2D eigenvalue weighted by molar-refractivity contribution is 0.0949. The number of hydrogen-bond donors (Lipinski definition) is 1. The van der Waals surface area contributed by atoms with E-state index in [1.165, 1.54) is 0 Å². The fourth-order valence-electron chi connectivity index (χ4n) is 1.43. The SMILES string of the molecule is Cc1cccc(C(=O)NCCc2cscn2)n1. The number of rotatable bonds is 4. The number of nitrogens with zero attached hydrogens (tertiary/aromatic N) is 2. The zero-order valence-corrected chi connectivity index (χ0v) is 10.3. The molecule has 0 spiro atoms. The van der Waals surface area contributed by atoms with Gasteiger partial charge >= 0.3 is 0 Å². The van der Waals surface area contributed by atoms with E-state index in [-0.39, 0.29) is 5.91 Å². The van der Waals surface area contributed by atoms with E-state index in [1.54, 1.807) is 22.9 Å². The number of amides is 1. The Labute approximate surface area is 104 Å². The summed E-state index contributed by atoms with van der Waals surface area (Å²) in [7, 11) is 0. The van der Waals surface area contributed by atoms with E-state index in [9.17, 15) is 4.79 Å². The van der Waals surface area contributed by atoms with Crippen molar-refractivity contribution in [3.63, 3.8) is 0 Å². The molecular weight excluding hydrogens is 234 g/mol. The van der Waals surface area contributed by atoms with E-state index in [1.807, 2.05) is 24.4 Å². The largest absolute Gasteiger partial charge is 0.350 e. The first-order chi connectivity index (χ1) is 8.25. The molecule has 1 amide bonds. The van der Waals surface area contributed by atoms with Gasteiger partial charge in [-0.25, -0.2) is 9.97 Å². The lowest BCUT2D eigenvalue weighted by atomic mass is 10.3. The lowest BCUT2D eigenvalue weighted by Crippen LogP contribution is -2.26. The van der Waals surface area contributed by atoms with Gasteiger partial charge in [-0.3, -0.25) is 4.79 Å². The summed E-state index contributed by atoms with van der Waals surface area (Å²) < 4.78 is 0. The molecule has 0 unspecified atom stereocenters. The molecule has 2 aromatic heterocycles. The summed E-state index contributed by atoms with van der Waals surface area (Å²) in [5.41, 5.74) is 4.10. The van der Waals surface area contributed by atoms with Crippen LogP contribution in [0, 0.1) is 6.92 Å². The molecule has 88 valence electrons. The minimum atomic E-state index is -0.135. The highest BCUT2D eigenvalue weighted by atomic mass is 32.1. The summed E-state index contributed by atoms with van der Waals surface area (Å²) in [5.74, 6) is -0.135. The molecule has 0 bridgehead atoms. The fraction of sp³-hybridized carbons (Fsp3) is 0.250. The first-order valence-corrected chi connectivity index (χ1v) is 6.29. The van der Waals surface area contributed by atoms with Crippen LogP contribution < -0.4 is 5.32 Å². The summed E-state index contributed by atoms with van der Waals surface area (Å²) in [4.78, 5) is 20.0. The molecule has 2 rings (SSSR count). The third-order valence-electron chi connectivity index (χ3n) is 2.27. The van der Waals surface area contributed by atoms with Crippen molar-refractivity contribution in [2.45, 2.75) is 13.3 Å². The summed E-state index contributed by atoms with van der Waals surface area (Å²) in [5, 5.41) is 4.81. The molecule has 0 fully saturated rings. The van der Waals surface area contributed by atoms with Gasteiger partial charge < -0.3 is 5.32 Å². The van der Waals surface area contributed by atoms with Crippen LogP contribution in [-0.4, -0.2) is 22.4 Å². The van der Waals surface area contributed by atoms with E-state index < -0.39 is 0 Å². The van der Waals surface area contributed by atoms with Crippen molar-refractivity contribution in [1.82, 2.24) is 15.3 Å². The molecule has 0 aromatic carbocycles. The van der Waals surface area contributed by atoms with Crippen LogP contribution >= 0.6 is 11.3 Å². The lowest BCUT2D eigenvalue weighted by Gasteiger charge is -2.03. The highest BCUT2D eigenvalue weighted by molar-refractivity contribution is 7.07. The second kappa shape index (κ2) is 5.54. The molecule has 0 atom stereocenters. The Morgan fingerprint density at radius 3 is 3.06 bits per heavy atom. The molecule has 0 aliphatic rings. The normalized spacial score (nSPS) is 10.2. The highest BCUT2D eigenvalue weighted by Crippen LogP contribution is 2.01. The van der Waals surface area contributed by atoms with Gasteiger partial charge in [-0.1, -0.05) is 6.07 Å². The van der Waals surface area contributed by atoms with Crippen LogP contribution in [0.4, 0.5) is 0 Å². The molecular formula is C12H13N3OS. The first-order valence-electron chi connectivity index (χ1n) is 5.34. The monoisotopic (exact) mass is 247 g/mol. The van der Waals surface area contributed by atoms with Crippen LogP contribution in [0.1, 0.15) is 21.9 Å². The highest BCUT2D eigenvalue weighted by Gasteiger charge is 2.06. The maximum absolute atomic E-state index is 11.7. The number of hydrogen-bond acceptors (Lipinski definition) is 4. The minimum Gasteiger partial charge on any atom is -0.350 e. The zero-order chi connectivity index (χ0) is 12.1.